The Morgan fingerprint density at radius 1 is 1.18 bits per heavy atom. The minimum absolute atomic E-state index is 0.0913. The van der Waals surface area contributed by atoms with Crippen LogP contribution < -0.4 is 4.90 Å². The Labute approximate surface area is 169 Å². The second kappa shape index (κ2) is 7.91. The standard InChI is InChI=1S/C21H25ClF2N4/c1-13-16-6-4-10-28(15-5-3-9-27(2)12-15)21(16)26-25-19(13)17-8-7-14(22)11-18(17)20(23)24/h7-8,11,15,20H,3-6,9-10,12H2,1-2H3. The smallest absolute Gasteiger partial charge is 0.264 e. The van der Waals surface area contributed by atoms with Crippen molar-refractivity contribution in [1.82, 2.24) is 15.1 Å². The van der Waals surface area contributed by atoms with Gasteiger partial charge >= 0.3 is 0 Å². The minimum atomic E-state index is -2.61. The summed E-state index contributed by atoms with van der Waals surface area (Å²) in [5, 5.41) is 9.26. The fourth-order valence-corrected chi connectivity index (χ4v) is 4.72. The molecule has 7 heteroatoms. The molecule has 0 radical (unpaired) electrons. The van der Waals surface area contributed by atoms with E-state index in [0.717, 1.165) is 55.8 Å². The van der Waals surface area contributed by atoms with Crippen LogP contribution in [0.3, 0.4) is 0 Å². The summed E-state index contributed by atoms with van der Waals surface area (Å²) >= 11 is 5.94. The molecule has 0 N–H and O–H groups in total. The SMILES string of the molecule is Cc1c(-c2ccc(Cl)cc2C(F)F)nnc2c1CCCN2C1CCCN(C)C1. The Bertz CT molecular complexity index is 874. The summed E-state index contributed by atoms with van der Waals surface area (Å²) in [6.45, 7) is 5.11. The van der Waals surface area contributed by atoms with Crippen LogP contribution in [-0.4, -0.2) is 47.8 Å². The zero-order valence-corrected chi connectivity index (χ0v) is 17.0. The van der Waals surface area contributed by atoms with Gasteiger partial charge in [-0.3, -0.25) is 0 Å². The number of fused-ring (bicyclic) bond motifs is 1. The molecule has 0 bridgehead atoms. The van der Waals surface area contributed by atoms with Gasteiger partial charge in [0, 0.05) is 40.8 Å². The van der Waals surface area contributed by atoms with Crippen LogP contribution in [0.2, 0.25) is 5.02 Å². The van der Waals surface area contributed by atoms with Crippen molar-refractivity contribution in [2.75, 3.05) is 31.6 Å². The number of hydrogen-bond acceptors (Lipinski definition) is 4. The molecule has 1 atom stereocenters. The van der Waals surface area contributed by atoms with Gasteiger partial charge in [0.05, 0.1) is 5.69 Å². The maximum atomic E-state index is 13.6. The van der Waals surface area contributed by atoms with Crippen molar-refractivity contribution < 1.29 is 8.78 Å². The third-order valence-electron chi connectivity index (χ3n) is 5.96. The van der Waals surface area contributed by atoms with Crippen molar-refractivity contribution in [3.05, 3.63) is 39.9 Å². The van der Waals surface area contributed by atoms with Crippen LogP contribution >= 0.6 is 11.6 Å². The Morgan fingerprint density at radius 2 is 2.00 bits per heavy atom. The number of rotatable bonds is 3. The molecule has 1 fully saturated rings. The number of likely N-dealkylation sites (tertiary alicyclic amines) is 1. The van der Waals surface area contributed by atoms with Crippen molar-refractivity contribution in [2.45, 2.75) is 45.1 Å². The van der Waals surface area contributed by atoms with E-state index in [9.17, 15) is 8.78 Å². The lowest BCUT2D eigenvalue weighted by Crippen LogP contribution is -2.49. The fourth-order valence-electron chi connectivity index (χ4n) is 4.54. The van der Waals surface area contributed by atoms with E-state index in [1.807, 2.05) is 6.92 Å². The highest BCUT2D eigenvalue weighted by molar-refractivity contribution is 6.30. The summed E-state index contributed by atoms with van der Waals surface area (Å²) in [5.41, 5.74) is 2.95. The quantitative estimate of drug-likeness (QED) is 0.726. The van der Waals surface area contributed by atoms with Crippen LogP contribution in [0, 0.1) is 6.92 Å². The molecule has 0 amide bonds. The number of halogens is 3. The van der Waals surface area contributed by atoms with Crippen LogP contribution in [0.5, 0.6) is 0 Å². The maximum absolute atomic E-state index is 13.6. The number of alkyl halides is 2. The van der Waals surface area contributed by atoms with Crippen molar-refractivity contribution in [3.63, 3.8) is 0 Å². The van der Waals surface area contributed by atoms with Crippen molar-refractivity contribution in [3.8, 4) is 11.3 Å². The van der Waals surface area contributed by atoms with Crippen LogP contribution in [-0.2, 0) is 6.42 Å². The van der Waals surface area contributed by atoms with Gasteiger partial charge in [-0.2, -0.15) is 0 Å². The molecule has 4 rings (SSSR count). The molecular formula is C21H25ClF2N4. The average molecular weight is 407 g/mol. The lowest BCUT2D eigenvalue weighted by Gasteiger charge is -2.41. The number of anilines is 1. The van der Waals surface area contributed by atoms with E-state index in [1.54, 1.807) is 12.1 Å². The van der Waals surface area contributed by atoms with E-state index in [0.29, 0.717) is 22.3 Å². The second-order valence-corrected chi connectivity index (χ2v) is 8.30. The first-order chi connectivity index (χ1) is 13.5. The third kappa shape index (κ3) is 3.60. The predicted octanol–water partition coefficient (Wildman–Crippen LogP) is 4.89. The maximum Gasteiger partial charge on any atom is 0.264 e. The van der Waals surface area contributed by atoms with Crippen molar-refractivity contribution in [1.29, 1.82) is 0 Å². The average Bonchev–Trinajstić information content (AvgIpc) is 2.68. The first-order valence-corrected chi connectivity index (χ1v) is 10.2. The van der Waals surface area contributed by atoms with Gasteiger partial charge in [0.15, 0.2) is 5.82 Å². The van der Waals surface area contributed by atoms with Crippen LogP contribution in [0.25, 0.3) is 11.3 Å². The molecule has 4 nitrogen and oxygen atoms in total. The molecule has 150 valence electrons. The van der Waals surface area contributed by atoms with Crippen LogP contribution in [0.15, 0.2) is 18.2 Å². The molecule has 1 aromatic carbocycles. The van der Waals surface area contributed by atoms with E-state index >= 15 is 0 Å². The van der Waals surface area contributed by atoms with E-state index in [4.69, 9.17) is 11.6 Å². The van der Waals surface area contributed by atoms with Gasteiger partial charge in [0.2, 0.25) is 0 Å². The molecule has 1 saturated heterocycles. The Hall–Kier alpha value is -1.79. The zero-order valence-electron chi connectivity index (χ0n) is 16.3. The Morgan fingerprint density at radius 3 is 2.75 bits per heavy atom. The number of hydrogen-bond donors (Lipinski definition) is 0. The first kappa shape index (κ1) is 19.5. The normalized spacial score (nSPS) is 20.5. The summed E-state index contributed by atoms with van der Waals surface area (Å²) in [6.07, 6.45) is 1.67. The molecule has 1 aromatic heterocycles. The number of aromatic nitrogens is 2. The monoisotopic (exact) mass is 406 g/mol. The summed E-state index contributed by atoms with van der Waals surface area (Å²) < 4.78 is 27.2. The van der Waals surface area contributed by atoms with Crippen molar-refractivity contribution in [2.24, 2.45) is 0 Å². The number of likely N-dealkylation sites (N-methyl/N-ethyl adjacent to an activating group) is 1. The number of benzene rings is 1. The van der Waals surface area contributed by atoms with Gasteiger partial charge < -0.3 is 9.80 Å². The summed E-state index contributed by atoms with van der Waals surface area (Å²) in [4.78, 5) is 4.74. The largest absolute Gasteiger partial charge is 0.351 e. The minimum Gasteiger partial charge on any atom is -0.351 e. The Kier molecular flexibility index (Phi) is 5.52. The van der Waals surface area contributed by atoms with E-state index in [1.165, 1.54) is 12.5 Å². The molecule has 3 heterocycles. The van der Waals surface area contributed by atoms with Crippen LogP contribution in [0.4, 0.5) is 14.6 Å². The molecule has 0 spiro atoms. The fraction of sp³-hybridized carbons (Fsp3) is 0.524. The van der Waals surface area contributed by atoms with Crippen LogP contribution in [0.1, 0.15) is 42.4 Å². The summed E-state index contributed by atoms with van der Waals surface area (Å²) in [6, 6.07) is 5.02. The van der Waals surface area contributed by atoms with Crippen molar-refractivity contribution >= 4 is 17.4 Å². The molecule has 1 unspecified atom stereocenters. The van der Waals surface area contributed by atoms with Gasteiger partial charge in [-0.05, 0) is 63.9 Å². The van der Waals surface area contributed by atoms with Gasteiger partial charge in [0.1, 0.15) is 0 Å². The second-order valence-electron chi connectivity index (χ2n) is 7.86. The van der Waals surface area contributed by atoms with Gasteiger partial charge in [-0.25, -0.2) is 8.78 Å². The molecule has 2 aliphatic heterocycles. The van der Waals surface area contributed by atoms with E-state index in [2.05, 4.69) is 27.0 Å². The molecule has 0 aliphatic carbocycles. The van der Waals surface area contributed by atoms with E-state index < -0.39 is 6.43 Å². The van der Waals surface area contributed by atoms with Gasteiger partial charge in [0.25, 0.3) is 6.43 Å². The number of nitrogens with zero attached hydrogens (tertiary/aromatic N) is 4. The highest BCUT2D eigenvalue weighted by Crippen LogP contribution is 2.38. The topological polar surface area (TPSA) is 32.3 Å². The number of piperidine rings is 1. The molecule has 2 aromatic rings. The lowest BCUT2D eigenvalue weighted by atomic mass is 9.93. The van der Waals surface area contributed by atoms with E-state index in [-0.39, 0.29) is 5.56 Å². The molecule has 0 saturated carbocycles. The third-order valence-corrected chi connectivity index (χ3v) is 6.20. The molecule has 28 heavy (non-hydrogen) atoms. The molecular weight excluding hydrogens is 382 g/mol. The summed E-state index contributed by atoms with van der Waals surface area (Å²) in [5.74, 6) is 0.931. The molecule has 2 aliphatic rings. The summed E-state index contributed by atoms with van der Waals surface area (Å²) in [7, 11) is 2.16. The highest BCUT2D eigenvalue weighted by Gasteiger charge is 2.31. The Balaban J connectivity index is 1.75. The first-order valence-electron chi connectivity index (χ1n) is 9.85. The lowest BCUT2D eigenvalue weighted by molar-refractivity contribution is 0.152. The van der Waals surface area contributed by atoms with Gasteiger partial charge in [-0.15, -0.1) is 10.2 Å². The highest BCUT2D eigenvalue weighted by atomic mass is 35.5. The van der Waals surface area contributed by atoms with Gasteiger partial charge in [-0.1, -0.05) is 17.7 Å². The zero-order chi connectivity index (χ0) is 19.8. The predicted molar refractivity (Wildman–Crippen MR) is 108 cm³/mol.